The summed E-state index contributed by atoms with van der Waals surface area (Å²) >= 11 is 0. The van der Waals surface area contributed by atoms with Crippen LogP contribution in [-0.2, 0) is 9.59 Å². The summed E-state index contributed by atoms with van der Waals surface area (Å²) in [7, 11) is 0. The van der Waals surface area contributed by atoms with Crippen LogP contribution < -0.4 is 11.1 Å². The Labute approximate surface area is 127 Å². The highest BCUT2D eigenvalue weighted by Crippen LogP contribution is 2.31. The Hall–Kier alpha value is -1.10. The SMILES string of the molecule is CC(=O)N1CCC(CNC(=O)C2CCCCC2(C)N)CC1. The number of nitrogens with zero attached hydrogens (tertiary/aromatic N) is 1. The first-order valence-electron chi connectivity index (χ1n) is 8.22. The van der Waals surface area contributed by atoms with Gasteiger partial charge >= 0.3 is 0 Å². The third-order valence-electron chi connectivity index (χ3n) is 5.20. The van der Waals surface area contributed by atoms with Gasteiger partial charge in [0.2, 0.25) is 11.8 Å². The molecule has 3 N–H and O–H groups in total. The summed E-state index contributed by atoms with van der Waals surface area (Å²) in [6, 6.07) is 0. The molecule has 1 aliphatic heterocycles. The Morgan fingerprint density at radius 2 is 1.90 bits per heavy atom. The second-order valence-corrected chi connectivity index (χ2v) is 7.00. The number of hydrogen-bond donors (Lipinski definition) is 2. The summed E-state index contributed by atoms with van der Waals surface area (Å²) < 4.78 is 0. The highest BCUT2D eigenvalue weighted by atomic mass is 16.2. The highest BCUT2D eigenvalue weighted by Gasteiger charge is 2.37. The first-order valence-corrected chi connectivity index (χ1v) is 8.22. The molecule has 1 saturated heterocycles. The third kappa shape index (κ3) is 4.19. The van der Waals surface area contributed by atoms with Crippen LogP contribution in [0.4, 0.5) is 0 Å². The van der Waals surface area contributed by atoms with Crippen LogP contribution in [0.3, 0.4) is 0 Å². The maximum Gasteiger partial charge on any atom is 0.224 e. The number of nitrogens with two attached hydrogens (primary N) is 1. The Morgan fingerprint density at radius 3 is 2.48 bits per heavy atom. The average Bonchev–Trinajstić information content (AvgIpc) is 2.44. The molecule has 2 atom stereocenters. The van der Waals surface area contributed by atoms with Crippen LogP contribution >= 0.6 is 0 Å². The number of likely N-dealkylation sites (tertiary alicyclic amines) is 1. The number of carbonyl (C=O) groups excluding carboxylic acids is 2. The van der Waals surface area contributed by atoms with Crippen molar-refractivity contribution in [2.24, 2.45) is 17.6 Å². The number of hydrogen-bond acceptors (Lipinski definition) is 3. The average molecular weight is 295 g/mol. The van der Waals surface area contributed by atoms with Gasteiger partial charge in [-0.1, -0.05) is 12.8 Å². The molecule has 0 spiro atoms. The molecule has 5 heteroatoms. The van der Waals surface area contributed by atoms with Crippen LogP contribution in [0.2, 0.25) is 0 Å². The predicted octanol–water partition coefficient (Wildman–Crippen LogP) is 1.27. The van der Waals surface area contributed by atoms with Crippen molar-refractivity contribution in [3.63, 3.8) is 0 Å². The van der Waals surface area contributed by atoms with E-state index in [9.17, 15) is 9.59 Å². The van der Waals surface area contributed by atoms with Crippen molar-refractivity contribution in [2.75, 3.05) is 19.6 Å². The van der Waals surface area contributed by atoms with E-state index < -0.39 is 0 Å². The van der Waals surface area contributed by atoms with Gasteiger partial charge in [-0.25, -0.2) is 0 Å². The van der Waals surface area contributed by atoms with Gasteiger partial charge in [-0.3, -0.25) is 9.59 Å². The molecular weight excluding hydrogens is 266 g/mol. The van der Waals surface area contributed by atoms with Crippen molar-refractivity contribution < 1.29 is 9.59 Å². The lowest BCUT2D eigenvalue weighted by Gasteiger charge is -2.38. The molecule has 120 valence electrons. The van der Waals surface area contributed by atoms with E-state index >= 15 is 0 Å². The Kier molecular flexibility index (Phi) is 5.25. The van der Waals surface area contributed by atoms with Crippen molar-refractivity contribution in [3.8, 4) is 0 Å². The Morgan fingerprint density at radius 1 is 1.24 bits per heavy atom. The standard InChI is InChI=1S/C16H29N3O2/c1-12(20)19-9-6-13(7-10-19)11-18-15(21)14-5-3-4-8-16(14,2)17/h13-14H,3-11,17H2,1-2H3,(H,18,21). The molecule has 0 aromatic carbocycles. The van der Waals surface area contributed by atoms with Gasteiger partial charge in [0.15, 0.2) is 0 Å². The maximum absolute atomic E-state index is 12.4. The van der Waals surface area contributed by atoms with Crippen LogP contribution in [0, 0.1) is 11.8 Å². The summed E-state index contributed by atoms with van der Waals surface area (Å²) in [5, 5.41) is 3.10. The van der Waals surface area contributed by atoms with Gasteiger partial charge in [0.1, 0.15) is 0 Å². The minimum atomic E-state index is -0.361. The fourth-order valence-electron chi connectivity index (χ4n) is 3.61. The van der Waals surface area contributed by atoms with Crippen LogP contribution in [-0.4, -0.2) is 41.9 Å². The monoisotopic (exact) mass is 295 g/mol. The lowest BCUT2D eigenvalue weighted by molar-refractivity contribution is -0.131. The molecule has 2 rings (SSSR count). The van der Waals surface area contributed by atoms with Crippen LogP contribution in [0.1, 0.15) is 52.4 Å². The van der Waals surface area contributed by atoms with Crippen LogP contribution in [0.15, 0.2) is 0 Å². The van der Waals surface area contributed by atoms with Crippen molar-refractivity contribution in [1.29, 1.82) is 0 Å². The zero-order valence-electron chi connectivity index (χ0n) is 13.4. The maximum atomic E-state index is 12.4. The zero-order chi connectivity index (χ0) is 15.5. The number of piperidine rings is 1. The normalized spacial score (nSPS) is 31.0. The van der Waals surface area contributed by atoms with Crippen molar-refractivity contribution in [2.45, 2.75) is 57.9 Å². The molecule has 2 unspecified atom stereocenters. The largest absolute Gasteiger partial charge is 0.356 e. The smallest absolute Gasteiger partial charge is 0.224 e. The van der Waals surface area contributed by atoms with E-state index in [1.807, 2.05) is 11.8 Å². The Balaban J connectivity index is 1.76. The molecular formula is C16H29N3O2. The van der Waals surface area contributed by atoms with E-state index in [1.165, 1.54) is 0 Å². The van der Waals surface area contributed by atoms with Crippen molar-refractivity contribution in [3.05, 3.63) is 0 Å². The topological polar surface area (TPSA) is 75.4 Å². The molecule has 0 bridgehead atoms. The van der Waals surface area contributed by atoms with E-state index in [4.69, 9.17) is 5.73 Å². The second kappa shape index (κ2) is 6.77. The van der Waals surface area contributed by atoms with Crippen molar-refractivity contribution >= 4 is 11.8 Å². The number of rotatable bonds is 3. The molecule has 21 heavy (non-hydrogen) atoms. The molecule has 0 aromatic rings. The summed E-state index contributed by atoms with van der Waals surface area (Å²) in [6.45, 7) is 5.97. The molecule has 2 amide bonds. The minimum absolute atomic E-state index is 0.0523. The van der Waals surface area contributed by atoms with Gasteiger partial charge in [0.05, 0.1) is 5.92 Å². The van der Waals surface area contributed by atoms with Gasteiger partial charge in [-0.2, -0.15) is 0 Å². The predicted molar refractivity (Wildman–Crippen MR) is 82.5 cm³/mol. The van der Waals surface area contributed by atoms with E-state index in [-0.39, 0.29) is 23.3 Å². The second-order valence-electron chi connectivity index (χ2n) is 7.00. The minimum Gasteiger partial charge on any atom is -0.356 e. The molecule has 5 nitrogen and oxygen atoms in total. The quantitative estimate of drug-likeness (QED) is 0.823. The van der Waals surface area contributed by atoms with Gasteiger partial charge in [-0.05, 0) is 38.5 Å². The number of carbonyl (C=O) groups is 2. The number of amides is 2. The summed E-state index contributed by atoms with van der Waals surface area (Å²) in [5.74, 6) is 0.702. The number of nitrogens with one attached hydrogen (secondary N) is 1. The first-order chi connectivity index (χ1) is 9.90. The van der Waals surface area contributed by atoms with Crippen LogP contribution in [0.5, 0.6) is 0 Å². The Bertz CT molecular complexity index is 387. The fourth-order valence-corrected chi connectivity index (χ4v) is 3.61. The van der Waals surface area contributed by atoms with E-state index in [0.717, 1.165) is 58.2 Å². The first kappa shape index (κ1) is 16.3. The summed E-state index contributed by atoms with van der Waals surface area (Å²) in [6.07, 6.45) is 6.01. The van der Waals surface area contributed by atoms with Crippen molar-refractivity contribution in [1.82, 2.24) is 10.2 Å². The summed E-state index contributed by atoms with van der Waals surface area (Å²) in [4.78, 5) is 25.6. The molecule has 2 aliphatic rings. The van der Waals surface area contributed by atoms with Gasteiger partial charge in [0, 0.05) is 32.1 Å². The van der Waals surface area contributed by atoms with Gasteiger partial charge in [0.25, 0.3) is 0 Å². The fraction of sp³-hybridized carbons (Fsp3) is 0.875. The van der Waals surface area contributed by atoms with E-state index in [0.29, 0.717) is 5.92 Å². The zero-order valence-corrected chi connectivity index (χ0v) is 13.4. The van der Waals surface area contributed by atoms with E-state index in [2.05, 4.69) is 5.32 Å². The summed E-state index contributed by atoms with van der Waals surface area (Å²) in [5.41, 5.74) is 5.92. The lowest BCUT2D eigenvalue weighted by atomic mass is 9.74. The molecule has 1 aliphatic carbocycles. The lowest BCUT2D eigenvalue weighted by Crippen LogP contribution is -2.53. The molecule has 1 heterocycles. The van der Waals surface area contributed by atoms with E-state index in [1.54, 1.807) is 6.92 Å². The highest BCUT2D eigenvalue weighted by molar-refractivity contribution is 5.80. The van der Waals surface area contributed by atoms with Gasteiger partial charge in [-0.15, -0.1) is 0 Å². The molecule has 0 radical (unpaired) electrons. The third-order valence-corrected chi connectivity index (χ3v) is 5.20. The molecule has 1 saturated carbocycles. The van der Waals surface area contributed by atoms with Crippen LogP contribution in [0.25, 0.3) is 0 Å². The molecule has 2 fully saturated rings. The van der Waals surface area contributed by atoms with Gasteiger partial charge < -0.3 is 16.0 Å². The molecule has 0 aromatic heterocycles.